The topological polar surface area (TPSA) is 15.3 Å². The summed E-state index contributed by atoms with van der Waals surface area (Å²) in [7, 11) is 4.22. The Kier molecular flexibility index (Phi) is 3.55. The fourth-order valence-electron chi connectivity index (χ4n) is 4.62. The molecule has 3 rings (SSSR count). The molecular formula is C18H27BrN2. The Morgan fingerprint density at radius 1 is 1.24 bits per heavy atom. The summed E-state index contributed by atoms with van der Waals surface area (Å²) in [5.74, 6) is 0.870. The van der Waals surface area contributed by atoms with Crippen LogP contribution in [0.4, 0.5) is 11.4 Å². The molecule has 2 aliphatic carbocycles. The standard InChI is InChI=1S/C18H27BrN2/c1-17(2)12-8-9-18(17,3)16(10-12)20-14-11-13(19)6-7-15(14)21(4)5/h6-7,11-12,16,20H,8-10H2,1-5H3. The van der Waals surface area contributed by atoms with Gasteiger partial charge in [-0.1, -0.05) is 36.7 Å². The highest BCUT2D eigenvalue weighted by Crippen LogP contribution is 2.66. The van der Waals surface area contributed by atoms with Crippen molar-refractivity contribution in [3.8, 4) is 0 Å². The largest absolute Gasteiger partial charge is 0.380 e. The highest BCUT2D eigenvalue weighted by atomic mass is 79.9. The molecule has 0 heterocycles. The van der Waals surface area contributed by atoms with Crippen molar-refractivity contribution in [3.05, 3.63) is 22.7 Å². The lowest BCUT2D eigenvalue weighted by Crippen LogP contribution is -2.40. The molecular weight excluding hydrogens is 324 g/mol. The van der Waals surface area contributed by atoms with E-state index in [1.54, 1.807) is 0 Å². The predicted molar refractivity (Wildman–Crippen MR) is 95.1 cm³/mol. The lowest BCUT2D eigenvalue weighted by Gasteiger charge is -2.40. The number of halogens is 1. The van der Waals surface area contributed by atoms with Gasteiger partial charge in [0, 0.05) is 24.6 Å². The highest BCUT2D eigenvalue weighted by Gasteiger charge is 2.61. The second kappa shape index (κ2) is 4.91. The van der Waals surface area contributed by atoms with Crippen LogP contribution in [0.1, 0.15) is 40.0 Å². The van der Waals surface area contributed by atoms with Gasteiger partial charge in [-0.15, -0.1) is 0 Å². The number of fused-ring (bicyclic) bond motifs is 2. The van der Waals surface area contributed by atoms with Crippen LogP contribution in [-0.2, 0) is 0 Å². The molecule has 2 saturated carbocycles. The van der Waals surface area contributed by atoms with Crippen LogP contribution in [0.3, 0.4) is 0 Å². The third kappa shape index (κ3) is 2.19. The van der Waals surface area contributed by atoms with Crippen LogP contribution >= 0.6 is 15.9 Å². The van der Waals surface area contributed by atoms with Crippen molar-refractivity contribution in [2.45, 2.75) is 46.1 Å². The van der Waals surface area contributed by atoms with Gasteiger partial charge in [0.05, 0.1) is 11.4 Å². The maximum atomic E-state index is 3.89. The molecule has 0 spiro atoms. The first-order valence-electron chi connectivity index (χ1n) is 7.99. The van der Waals surface area contributed by atoms with E-state index in [4.69, 9.17) is 0 Å². The predicted octanol–water partition coefficient (Wildman–Crippen LogP) is 5.14. The van der Waals surface area contributed by atoms with Gasteiger partial charge in [0.25, 0.3) is 0 Å². The van der Waals surface area contributed by atoms with Crippen molar-refractivity contribution in [1.82, 2.24) is 0 Å². The summed E-state index contributed by atoms with van der Waals surface area (Å²) < 4.78 is 1.14. The van der Waals surface area contributed by atoms with Gasteiger partial charge in [-0.25, -0.2) is 0 Å². The maximum Gasteiger partial charge on any atom is 0.0597 e. The minimum absolute atomic E-state index is 0.406. The molecule has 0 aromatic heterocycles. The number of nitrogens with one attached hydrogen (secondary N) is 1. The van der Waals surface area contributed by atoms with Gasteiger partial charge >= 0.3 is 0 Å². The first kappa shape index (κ1) is 15.2. The lowest BCUT2D eigenvalue weighted by atomic mass is 9.69. The average Bonchev–Trinajstić information content (AvgIpc) is 2.71. The molecule has 2 fully saturated rings. The molecule has 0 saturated heterocycles. The third-order valence-corrected chi connectivity index (χ3v) is 7.06. The fraction of sp³-hybridized carbons (Fsp3) is 0.667. The third-order valence-electron chi connectivity index (χ3n) is 6.56. The Morgan fingerprint density at radius 2 is 1.95 bits per heavy atom. The van der Waals surface area contributed by atoms with Crippen LogP contribution in [0.5, 0.6) is 0 Å². The minimum atomic E-state index is 0.406. The molecule has 2 nitrogen and oxygen atoms in total. The Morgan fingerprint density at radius 3 is 2.48 bits per heavy atom. The van der Waals surface area contributed by atoms with Crippen LogP contribution in [0.25, 0.3) is 0 Å². The van der Waals surface area contributed by atoms with Crippen LogP contribution in [0, 0.1) is 16.7 Å². The van der Waals surface area contributed by atoms with Crippen LogP contribution in [0.15, 0.2) is 22.7 Å². The number of hydrogen-bond acceptors (Lipinski definition) is 2. The van der Waals surface area contributed by atoms with Crippen LogP contribution < -0.4 is 10.2 Å². The first-order chi connectivity index (χ1) is 9.75. The molecule has 1 N–H and O–H groups in total. The Hall–Kier alpha value is -0.700. The monoisotopic (exact) mass is 350 g/mol. The zero-order valence-corrected chi connectivity index (χ0v) is 15.4. The van der Waals surface area contributed by atoms with E-state index in [0.29, 0.717) is 16.9 Å². The van der Waals surface area contributed by atoms with Gasteiger partial charge in [-0.2, -0.15) is 0 Å². The number of hydrogen-bond donors (Lipinski definition) is 1. The summed E-state index contributed by atoms with van der Waals surface area (Å²) >= 11 is 3.61. The smallest absolute Gasteiger partial charge is 0.0597 e. The number of rotatable bonds is 3. The Labute approximate surface area is 137 Å². The van der Waals surface area contributed by atoms with Crippen molar-refractivity contribution in [2.75, 3.05) is 24.3 Å². The summed E-state index contributed by atoms with van der Waals surface area (Å²) in [6.07, 6.45) is 4.07. The van der Waals surface area contributed by atoms with Gasteiger partial charge in [-0.05, 0) is 54.2 Å². The highest BCUT2D eigenvalue weighted by molar-refractivity contribution is 9.10. The molecule has 3 unspecified atom stereocenters. The number of nitrogens with zero attached hydrogens (tertiary/aromatic N) is 1. The van der Waals surface area contributed by atoms with Crippen molar-refractivity contribution in [3.63, 3.8) is 0 Å². The van der Waals surface area contributed by atoms with E-state index >= 15 is 0 Å². The summed E-state index contributed by atoms with van der Waals surface area (Å²) in [6, 6.07) is 7.11. The van der Waals surface area contributed by atoms with Crippen molar-refractivity contribution < 1.29 is 0 Å². The summed E-state index contributed by atoms with van der Waals surface area (Å²) in [5.41, 5.74) is 3.38. The number of benzene rings is 1. The molecule has 21 heavy (non-hydrogen) atoms. The fourth-order valence-corrected chi connectivity index (χ4v) is 4.98. The normalized spacial score (nSPS) is 33.2. The van der Waals surface area contributed by atoms with Crippen molar-refractivity contribution >= 4 is 27.3 Å². The quantitative estimate of drug-likeness (QED) is 0.811. The second-order valence-electron chi connectivity index (χ2n) is 7.86. The molecule has 1 aromatic rings. The van der Waals surface area contributed by atoms with E-state index < -0.39 is 0 Å². The number of anilines is 2. The molecule has 0 amide bonds. The van der Waals surface area contributed by atoms with Gasteiger partial charge in [0.2, 0.25) is 0 Å². The lowest BCUT2D eigenvalue weighted by molar-refractivity contribution is 0.142. The van der Waals surface area contributed by atoms with Crippen molar-refractivity contribution in [1.29, 1.82) is 0 Å². The molecule has 3 atom stereocenters. The molecule has 3 heteroatoms. The van der Waals surface area contributed by atoms with E-state index in [9.17, 15) is 0 Å². The van der Waals surface area contributed by atoms with Gasteiger partial charge in [0.15, 0.2) is 0 Å². The van der Waals surface area contributed by atoms with Crippen molar-refractivity contribution in [2.24, 2.45) is 16.7 Å². The van der Waals surface area contributed by atoms with E-state index in [1.165, 1.54) is 30.6 Å². The van der Waals surface area contributed by atoms with Gasteiger partial charge in [-0.3, -0.25) is 0 Å². The maximum absolute atomic E-state index is 3.89. The zero-order valence-electron chi connectivity index (χ0n) is 13.8. The molecule has 0 aliphatic heterocycles. The molecule has 0 radical (unpaired) electrons. The summed E-state index contributed by atoms with van der Waals surface area (Å²) in [5, 5.41) is 3.89. The summed E-state index contributed by atoms with van der Waals surface area (Å²) in [4.78, 5) is 2.19. The summed E-state index contributed by atoms with van der Waals surface area (Å²) in [6.45, 7) is 7.44. The molecule has 1 aromatic carbocycles. The van der Waals surface area contributed by atoms with E-state index in [-0.39, 0.29) is 0 Å². The molecule has 2 aliphatic rings. The van der Waals surface area contributed by atoms with Crippen LogP contribution in [-0.4, -0.2) is 20.1 Å². The Balaban J connectivity index is 1.91. The van der Waals surface area contributed by atoms with Gasteiger partial charge in [0.1, 0.15) is 0 Å². The second-order valence-corrected chi connectivity index (χ2v) is 8.78. The zero-order chi connectivity index (χ0) is 15.4. The molecule has 2 bridgehead atoms. The molecule has 116 valence electrons. The van der Waals surface area contributed by atoms with Gasteiger partial charge < -0.3 is 10.2 Å². The van der Waals surface area contributed by atoms with E-state index in [2.05, 4.69) is 79.2 Å². The van der Waals surface area contributed by atoms with E-state index in [1.807, 2.05) is 0 Å². The van der Waals surface area contributed by atoms with Crippen LogP contribution in [0.2, 0.25) is 0 Å². The average molecular weight is 351 g/mol. The minimum Gasteiger partial charge on any atom is -0.380 e. The van der Waals surface area contributed by atoms with E-state index in [0.717, 1.165) is 10.4 Å². The first-order valence-corrected chi connectivity index (χ1v) is 8.78. The Bertz CT molecular complexity index is 552. The SMILES string of the molecule is CN(C)c1ccc(Br)cc1NC1CC2CCC1(C)C2(C)C.